The standard InChI is InChI=1S/C20H20N2O2/c1-14-5-3-4-6-16(14)9-12-19-21-18(20(23)22-19)13-15-7-10-17(24-2)11-8-15/h3-8,10-11,13H,9,12H2,1-2H3,(H,21,22,23)/b18-13+. The molecule has 0 spiro atoms. The monoisotopic (exact) mass is 320 g/mol. The Morgan fingerprint density at radius 3 is 2.54 bits per heavy atom. The molecule has 1 N–H and O–H groups in total. The summed E-state index contributed by atoms with van der Waals surface area (Å²) in [4.78, 5) is 16.5. The summed E-state index contributed by atoms with van der Waals surface area (Å²) in [5, 5.41) is 2.85. The fourth-order valence-electron chi connectivity index (χ4n) is 2.64. The maximum atomic E-state index is 12.1. The molecule has 2 aromatic carbocycles. The number of carbonyl (C=O) groups excluding carboxylic acids is 1. The van der Waals surface area contributed by atoms with E-state index >= 15 is 0 Å². The summed E-state index contributed by atoms with van der Waals surface area (Å²) in [5.41, 5.74) is 3.91. The van der Waals surface area contributed by atoms with Crippen LogP contribution in [-0.2, 0) is 11.2 Å². The first kappa shape index (κ1) is 16.0. The molecule has 1 amide bonds. The fraction of sp³-hybridized carbons (Fsp3) is 0.200. The van der Waals surface area contributed by atoms with Gasteiger partial charge in [0.25, 0.3) is 5.91 Å². The van der Waals surface area contributed by atoms with E-state index in [1.165, 1.54) is 11.1 Å². The zero-order valence-electron chi connectivity index (χ0n) is 13.9. The Kier molecular flexibility index (Phi) is 4.75. The van der Waals surface area contributed by atoms with Crippen LogP contribution in [0.15, 0.2) is 59.2 Å². The molecule has 24 heavy (non-hydrogen) atoms. The molecular formula is C20H20N2O2. The predicted octanol–water partition coefficient (Wildman–Crippen LogP) is 3.51. The summed E-state index contributed by atoms with van der Waals surface area (Å²) >= 11 is 0. The van der Waals surface area contributed by atoms with Crippen molar-refractivity contribution in [2.75, 3.05) is 7.11 Å². The van der Waals surface area contributed by atoms with E-state index in [2.05, 4.69) is 29.4 Å². The normalized spacial score (nSPS) is 15.3. The highest BCUT2D eigenvalue weighted by Crippen LogP contribution is 2.17. The zero-order chi connectivity index (χ0) is 16.9. The predicted molar refractivity (Wildman–Crippen MR) is 96.0 cm³/mol. The molecule has 0 bridgehead atoms. The lowest BCUT2D eigenvalue weighted by Crippen LogP contribution is -2.24. The van der Waals surface area contributed by atoms with Crippen molar-refractivity contribution in [3.63, 3.8) is 0 Å². The Morgan fingerprint density at radius 2 is 1.83 bits per heavy atom. The molecule has 0 fully saturated rings. The van der Waals surface area contributed by atoms with Crippen LogP contribution >= 0.6 is 0 Å². The number of ether oxygens (including phenoxy) is 1. The second-order valence-electron chi connectivity index (χ2n) is 5.74. The average molecular weight is 320 g/mol. The molecule has 0 atom stereocenters. The first-order chi connectivity index (χ1) is 11.7. The number of amides is 1. The minimum atomic E-state index is -0.148. The Labute approximate surface area is 141 Å². The highest BCUT2D eigenvalue weighted by atomic mass is 16.5. The second-order valence-corrected chi connectivity index (χ2v) is 5.74. The van der Waals surface area contributed by atoms with Gasteiger partial charge in [-0.15, -0.1) is 0 Å². The van der Waals surface area contributed by atoms with Crippen LogP contribution in [0.3, 0.4) is 0 Å². The molecule has 2 aromatic rings. The molecule has 0 aliphatic carbocycles. The van der Waals surface area contributed by atoms with E-state index in [9.17, 15) is 4.79 Å². The fourth-order valence-corrected chi connectivity index (χ4v) is 2.64. The van der Waals surface area contributed by atoms with Gasteiger partial charge in [-0.05, 0) is 48.2 Å². The van der Waals surface area contributed by atoms with Crippen LogP contribution in [0.4, 0.5) is 0 Å². The van der Waals surface area contributed by atoms with Gasteiger partial charge in [-0.3, -0.25) is 4.79 Å². The summed E-state index contributed by atoms with van der Waals surface area (Å²) in [6.07, 6.45) is 3.37. The average Bonchev–Trinajstić information content (AvgIpc) is 2.94. The first-order valence-corrected chi connectivity index (χ1v) is 7.95. The number of hydrogen-bond acceptors (Lipinski definition) is 3. The third-order valence-corrected chi connectivity index (χ3v) is 4.06. The lowest BCUT2D eigenvalue weighted by atomic mass is 10.0. The van der Waals surface area contributed by atoms with E-state index in [0.29, 0.717) is 5.70 Å². The van der Waals surface area contributed by atoms with Gasteiger partial charge in [-0.2, -0.15) is 0 Å². The number of nitrogens with zero attached hydrogens (tertiary/aromatic N) is 1. The van der Waals surface area contributed by atoms with Gasteiger partial charge < -0.3 is 10.1 Å². The Morgan fingerprint density at radius 1 is 1.08 bits per heavy atom. The number of aliphatic imine (C=N–C) groups is 1. The quantitative estimate of drug-likeness (QED) is 0.857. The third kappa shape index (κ3) is 3.71. The highest BCUT2D eigenvalue weighted by Gasteiger charge is 2.19. The number of aryl methyl sites for hydroxylation is 2. The minimum Gasteiger partial charge on any atom is -0.497 e. The zero-order valence-corrected chi connectivity index (χ0v) is 13.9. The van der Waals surface area contributed by atoms with Gasteiger partial charge in [-0.1, -0.05) is 36.4 Å². The van der Waals surface area contributed by atoms with E-state index < -0.39 is 0 Å². The van der Waals surface area contributed by atoms with Crippen molar-refractivity contribution in [3.8, 4) is 5.75 Å². The number of methoxy groups -OCH3 is 1. The molecule has 0 saturated carbocycles. The van der Waals surface area contributed by atoms with Crippen LogP contribution in [0.1, 0.15) is 23.1 Å². The van der Waals surface area contributed by atoms with Crippen LogP contribution in [0.2, 0.25) is 0 Å². The summed E-state index contributed by atoms with van der Waals surface area (Å²) in [7, 11) is 1.63. The van der Waals surface area contributed by atoms with Gasteiger partial charge in [0.1, 0.15) is 17.3 Å². The number of carbonyl (C=O) groups is 1. The van der Waals surface area contributed by atoms with Crippen molar-refractivity contribution in [2.24, 2.45) is 4.99 Å². The Balaban J connectivity index is 1.70. The number of nitrogens with one attached hydrogen (secondary N) is 1. The molecule has 1 aliphatic heterocycles. The number of benzene rings is 2. The van der Waals surface area contributed by atoms with E-state index in [0.717, 1.165) is 30.0 Å². The number of hydrogen-bond donors (Lipinski definition) is 1. The van der Waals surface area contributed by atoms with Crippen LogP contribution in [0, 0.1) is 6.92 Å². The van der Waals surface area contributed by atoms with Crippen LogP contribution in [-0.4, -0.2) is 18.9 Å². The van der Waals surface area contributed by atoms with E-state index in [1.54, 1.807) is 13.2 Å². The van der Waals surface area contributed by atoms with E-state index in [4.69, 9.17) is 4.74 Å². The topological polar surface area (TPSA) is 50.7 Å². The van der Waals surface area contributed by atoms with Gasteiger partial charge in [-0.25, -0.2) is 4.99 Å². The number of rotatable bonds is 5. The third-order valence-electron chi connectivity index (χ3n) is 4.06. The van der Waals surface area contributed by atoms with Gasteiger partial charge in [0.2, 0.25) is 0 Å². The van der Waals surface area contributed by atoms with Crippen molar-refractivity contribution in [3.05, 3.63) is 70.9 Å². The summed E-state index contributed by atoms with van der Waals surface area (Å²) in [6, 6.07) is 15.8. The van der Waals surface area contributed by atoms with Crippen molar-refractivity contribution in [1.82, 2.24) is 5.32 Å². The SMILES string of the molecule is COc1ccc(/C=C2/N=C(CCc3ccccc3C)NC2=O)cc1. The van der Waals surface area contributed by atoms with Crippen LogP contribution in [0.5, 0.6) is 5.75 Å². The van der Waals surface area contributed by atoms with Crippen LogP contribution < -0.4 is 10.1 Å². The van der Waals surface area contributed by atoms with Crippen molar-refractivity contribution >= 4 is 17.8 Å². The summed E-state index contributed by atoms with van der Waals surface area (Å²) in [5.74, 6) is 1.36. The van der Waals surface area contributed by atoms with E-state index in [-0.39, 0.29) is 5.91 Å². The van der Waals surface area contributed by atoms with Gasteiger partial charge >= 0.3 is 0 Å². The lowest BCUT2D eigenvalue weighted by Gasteiger charge is -2.04. The molecule has 3 rings (SSSR count). The molecule has 4 nitrogen and oxygen atoms in total. The summed E-state index contributed by atoms with van der Waals surface area (Å²) < 4.78 is 5.13. The minimum absolute atomic E-state index is 0.148. The molecule has 1 aliphatic rings. The molecule has 0 saturated heterocycles. The molecular weight excluding hydrogens is 300 g/mol. The smallest absolute Gasteiger partial charge is 0.275 e. The number of amidine groups is 1. The summed E-state index contributed by atoms with van der Waals surface area (Å²) in [6.45, 7) is 2.10. The highest BCUT2D eigenvalue weighted by molar-refractivity contribution is 6.14. The largest absolute Gasteiger partial charge is 0.497 e. The van der Waals surface area contributed by atoms with E-state index in [1.807, 2.05) is 36.4 Å². The Hall–Kier alpha value is -2.88. The molecule has 0 unspecified atom stereocenters. The molecule has 0 radical (unpaired) electrons. The van der Waals surface area contributed by atoms with Gasteiger partial charge in [0, 0.05) is 6.42 Å². The second kappa shape index (κ2) is 7.13. The molecule has 122 valence electrons. The van der Waals surface area contributed by atoms with Gasteiger partial charge in [0.05, 0.1) is 7.11 Å². The molecule has 1 heterocycles. The van der Waals surface area contributed by atoms with Crippen LogP contribution in [0.25, 0.3) is 6.08 Å². The first-order valence-electron chi connectivity index (χ1n) is 7.95. The Bertz CT molecular complexity index is 805. The lowest BCUT2D eigenvalue weighted by molar-refractivity contribution is -0.115. The van der Waals surface area contributed by atoms with Crippen molar-refractivity contribution in [2.45, 2.75) is 19.8 Å². The van der Waals surface area contributed by atoms with Gasteiger partial charge in [0.15, 0.2) is 0 Å². The van der Waals surface area contributed by atoms with Crippen molar-refractivity contribution in [1.29, 1.82) is 0 Å². The maximum Gasteiger partial charge on any atom is 0.275 e. The molecule has 4 heteroatoms. The molecule has 0 aromatic heterocycles. The maximum absolute atomic E-state index is 12.1. The van der Waals surface area contributed by atoms with Crippen molar-refractivity contribution < 1.29 is 9.53 Å².